The van der Waals surface area contributed by atoms with Crippen molar-refractivity contribution in [3.8, 4) is 11.5 Å². The average molecular weight is 420 g/mol. The van der Waals surface area contributed by atoms with Crippen LogP contribution in [0.1, 0.15) is 18.1 Å². The van der Waals surface area contributed by atoms with Crippen molar-refractivity contribution in [2.75, 3.05) is 11.9 Å². The molecular formula is C22H20Cl2FNO2. The van der Waals surface area contributed by atoms with E-state index in [9.17, 15) is 4.39 Å². The van der Waals surface area contributed by atoms with E-state index in [-0.39, 0.29) is 12.4 Å². The highest BCUT2D eigenvalue weighted by Gasteiger charge is 2.11. The van der Waals surface area contributed by atoms with Gasteiger partial charge >= 0.3 is 0 Å². The van der Waals surface area contributed by atoms with Crippen LogP contribution in [0.25, 0.3) is 0 Å². The van der Waals surface area contributed by atoms with Gasteiger partial charge in [-0.2, -0.15) is 0 Å². The first-order valence-corrected chi connectivity index (χ1v) is 9.62. The van der Waals surface area contributed by atoms with Crippen LogP contribution < -0.4 is 14.8 Å². The molecule has 0 aromatic heterocycles. The lowest BCUT2D eigenvalue weighted by atomic mass is 10.2. The first-order chi connectivity index (χ1) is 13.5. The molecule has 3 rings (SSSR count). The molecule has 3 aromatic rings. The van der Waals surface area contributed by atoms with Crippen LogP contribution in [-0.4, -0.2) is 6.61 Å². The lowest BCUT2D eigenvalue weighted by Crippen LogP contribution is -2.01. The summed E-state index contributed by atoms with van der Waals surface area (Å²) in [4.78, 5) is 0. The lowest BCUT2D eigenvalue weighted by molar-refractivity contribution is 0.306. The third-order valence-electron chi connectivity index (χ3n) is 3.99. The number of nitrogens with one attached hydrogen (secondary N) is 1. The van der Waals surface area contributed by atoms with E-state index < -0.39 is 0 Å². The minimum Gasteiger partial charge on any atom is -0.494 e. The van der Waals surface area contributed by atoms with E-state index in [4.69, 9.17) is 32.7 Å². The van der Waals surface area contributed by atoms with Gasteiger partial charge in [0.1, 0.15) is 18.2 Å². The molecule has 0 amide bonds. The average Bonchev–Trinajstić information content (AvgIpc) is 2.67. The fourth-order valence-electron chi connectivity index (χ4n) is 2.67. The zero-order chi connectivity index (χ0) is 19.9. The fourth-order valence-corrected chi connectivity index (χ4v) is 3.32. The highest BCUT2D eigenvalue weighted by molar-refractivity contribution is 6.37. The second-order valence-corrected chi connectivity index (χ2v) is 6.93. The third kappa shape index (κ3) is 5.54. The summed E-state index contributed by atoms with van der Waals surface area (Å²) in [5.41, 5.74) is 2.58. The quantitative estimate of drug-likeness (QED) is 0.439. The first kappa shape index (κ1) is 20.3. The Bertz CT molecular complexity index is 909. The van der Waals surface area contributed by atoms with Crippen molar-refractivity contribution in [3.63, 3.8) is 0 Å². The minimum absolute atomic E-state index is 0.182. The molecule has 6 heteroatoms. The van der Waals surface area contributed by atoms with Gasteiger partial charge < -0.3 is 14.8 Å². The maximum atomic E-state index is 13.3. The van der Waals surface area contributed by atoms with Gasteiger partial charge in [0, 0.05) is 12.2 Å². The normalized spacial score (nSPS) is 10.6. The predicted octanol–water partition coefficient (Wildman–Crippen LogP) is 6.72. The summed E-state index contributed by atoms with van der Waals surface area (Å²) in [7, 11) is 0. The van der Waals surface area contributed by atoms with Crippen molar-refractivity contribution in [1.82, 2.24) is 0 Å². The van der Waals surface area contributed by atoms with E-state index >= 15 is 0 Å². The van der Waals surface area contributed by atoms with Crippen LogP contribution in [0.15, 0.2) is 60.7 Å². The van der Waals surface area contributed by atoms with Gasteiger partial charge in [0.2, 0.25) is 0 Å². The molecule has 0 saturated carbocycles. The molecule has 1 N–H and O–H groups in total. The second-order valence-electron chi connectivity index (χ2n) is 6.12. The SMILES string of the molecule is CCOc1ccc(NCc2cc(Cl)c(OCc3cccc(F)c3)c(Cl)c2)cc1. The predicted molar refractivity (Wildman–Crippen MR) is 112 cm³/mol. The van der Waals surface area contributed by atoms with E-state index in [2.05, 4.69) is 5.32 Å². The largest absolute Gasteiger partial charge is 0.494 e. The van der Waals surface area contributed by atoms with E-state index in [1.54, 1.807) is 24.3 Å². The molecule has 0 fully saturated rings. The van der Waals surface area contributed by atoms with Gasteiger partial charge in [-0.1, -0.05) is 35.3 Å². The number of halogens is 3. The molecular weight excluding hydrogens is 400 g/mol. The van der Waals surface area contributed by atoms with Crippen molar-refractivity contribution >= 4 is 28.9 Å². The Hall–Kier alpha value is -2.43. The Morgan fingerprint density at radius 3 is 2.25 bits per heavy atom. The Morgan fingerprint density at radius 2 is 1.61 bits per heavy atom. The van der Waals surface area contributed by atoms with Crippen LogP contribution in [0.5, 0.6) is 11.5 Å². The Labute approximate surface area is 174 Å². The van der Waals surface area contributed by atoms with E-state index in [1.807, 2.05) is 31.2 Å². The summed E-state index contributed by atoms with van der Waals surface area (Å²) in [5, 5.41) is 4.13. The van der Waals surface area contributed by atoms with Gasteiger partial charge in [-0.3, -0.25) is 0 Å². The van der Waals surface area contributed by atoms with Crippen LogP contribution in [0.4, 0.5) is 10.1 Å². The summed E-state index contributed by atoms with van der Waals surface area (Å²) < 4.78 is 24.4. The molecule has 0 aliphatic carbocycles. The minimum atomic E-state index is -0.311. The van der Waals surface area contributed by atoms with Crippen LogP contribution in [0.2, 0.25) is 10.0 Å². The molecule has 3 nitrogen and oxygen atoms in total. The summed E-state index contributed by atoms with van der Waals surface area (Å²) in [6.45, 7) is 3.32. The maximum absolute atomic E-state index is 13.3. The van der Waals surface area contributed by atoms with Gasteiger partial charge in [-0.25, -0.2) is 4.39 Å². The summed E-state index contributed by atoms with van der Waals surface area (Å²) in [5.74, 6) is 0.908. The van der Waals surface area contributed by atoms with Gasteiger partial charge in [-0.15, -0.1) is 0 Å². The van der Waals surface area contributed by atoms with E-state index in [1.165, 1.54) is 12.1 Å². The monoisotopic (exact) mass is 419 g/mol. The van der Waals surface area contributed by atoms with Gasteiger partial charge in [0.25, 0.3) is 0 Å². The molecule has 3 aromatic carbocycles. The summed E-state index contributed by atoms with van der Waals surface area (Å²) in [6.07, 6.45) is 0. The van der Waals surface area contributed by atoms with E-state index in [0.29, 0.717) is 34.5 Å². The smallest absolute Gasteiger partial charge is 0.156 e. The van der Waals surface area contributed by atoms with Crippen molar-refractivity contribution in [1.29, 1.82) is 0 Å². The maximum Gasteiger partial charge on any atom is 0.156 e. The molecule has 0 spiro atoms. The molecule has 28 heavy (non-hydrogen) atoms. The Balaban J connectivity index is 1.62. The molecule has 0 heterocycles. The van der Waals surface area contributed by atoms with Gasteiger partial charge in [0.05, 0.1) is 16.7 Å². The zero-order valence-electron chi connectivity index (χ0n) is 15.3. The van der Waals surface area contributed by atoms with Crippen molar-refractivity contribution in [2.45, 2.75) is 20.1 Å². The number of rotatable bonds is 8. The highest BCUT2D eigenvalue weighted by Crippen LogP contribution is 2.35. The van der Waals surface area contributed by atoms with Crippen LogP contribution in [0, 0.1) is 5.82 Å². The summed E-state index contributed by atoms with van der Waals surface area (Å²) in [6, 6.07) is 17.5. The summed E-state index contributed by atoms with van der Waals surface area (Å²) >= 11 is 12.7. The highest BCUT2D eigenvalue weighted by atomic mass is 35.5. The van der Waals surface area contributed by atoms with Crippen molar-refractivity contribution in [3.05, 3.63) is 87.7 Å². The van der Waals surface area contributed by atoms with Crippen LogP contribution in [0.3, 0.4) is 0 Å². The first-order valence-electron chi connectivity index (χ1n) is 8.87. The van der Waals surface area contributed by atoms with Crippen molar-refractivity contribution < 1.29 is 13.9 Å². The van der Waals surface area contributed by atoms with Gasteiger partial charge in [-0.05, 0) is 66.6 Å². The molecule has 0 radical (unpaired) electrons. The van der Waals surface area contributed by atoms with Crippen LogP contribution in [-0.2, 0) is 13.2 Å². The number of ether oxygens (including phenoxy) is 2. The fraction of sp³-hybridized carbons (Fsp3) is 0.182. The molecule has 0 unspecified atom stereocenters. The third-order valence-corrected chi connectivity index (χ3v) is 4.55. The standard InChI is InChI=1S/C22H20Cl2FNO2/c1-2-27-19-8-6-18(7-9-19)26-13-16-11-20(23)22(21(24)12-16)28-14-15-4-3-5-17(25)10-15/h3-12,26H,2,13-14H2,1H3. The number of anilines is 1. The number of benzene rings is 3. The number of hydrogen-bond acceptors (Lipinski definition) is 3. The lowest BCUT2D eigenvalue weighted by Gasteiger charge is -2.13. The number of hydrogen-bond donors (Lipinski definition) is 1. The Morgan fingerprint density at radius 1 is 0.893 bits per heavy atom. The molecule has 0 atom stereocenters. The molecule has 0 bridgehead atoms. The zero-order valence-corrected chi connectivity index (χ0v) is 16.9. The Kier molecular flexibility index (Phi) is 7.01. The van der Waals surface area contributed by atoms with Gasteiger partial charge in [0.15, 0.2) is 5.75 Å². The second kappa shape index (κ2) is 9.67. The topological polar surface area (TPSA) is 30.5 Å². The van der Waals surface area contributed by atoms with Crippen LogP contribution >= 0.6 is 23.2 Å². The molecule has 0 aliphatic heterocycles. The molecule has 0 saturated heterocycles. The van der Waals surface area contributed by atoms with E-state index in [0.717, 1.165) is 17.0 Å². The molecule has 0 aliphatic rings. The molecule has 146 valence electrons. The van der Waals surface area contributed by atoms with Crippen molar-refractivity contribution in [2.24, 2.45) is 0 Å².